The third kappa shape index (κ3) is 2.96. The van der Waals surface area contributed by atoms with Crippen molar-refractivity contribution in [1.29, 1.82) is 0 Å². The number of hydrogen-bond acceptors (Lipinski definition) is 3. The van der Waals surface area contributed by atoms with Crippen LogP contribution in [0.15, 0.2) is 28.4 Å². The van der Waals surface area contributed by atoms with Gasteiger partial charge in [0.05, 0.1) is 5.56 Å². The summed E-state index contributed by atoms with van der Waals surface area (Å²) in [6.45, 7) is 0. The molecule has 0 unspecified atom stereocenters. The van der Waals surface area contributed by atoms with Crippen LogP contribution in [0.1, 0.15) is 11.4 Å². The van der Waals surface area contributed by atoms with Gasteiger partial charge in [-0.3, -0.25) is 4.79 Å². The van der Waals surface area contributed by atoms with Gasteiger partial charge in [0, 0.05) is 10.9 Å². The summed E-state index contributed by atoms with van der Waals surface area (Å²) >= 11 is 18.8. The molecule has 122 valence electrons. The second kappa shape index (κ2) is 5.41. The fourth-order valence-electron chi connectivity index (χ4n) is 2.05. The third-order valence-corrected chi connectivity index (χ3v) is 4.38. The molecule has 23 heavy (non-hydrogen) atoms. The van der Waals surface area contributed by atoms with Gasteiger partial charge in [0.1, 0.15) is 17.0 Å². The van der Waals surface area contributed by atoms with Gasteiger partial charge in [0.15, 0.2) is 0 Å². The van der Waals surface area contributed by atoms with Crippen LogP contribution in [0.3, 0.4) is 0 Å². The minimum absolute atomic E-state index is 0.127. The molecule has 4 nitrogen and oxygen atoms in total. The number of halogens is 6. The maximum atomic E-state index is 12.9. The molecule has 0 fully saturated rings. The summed E-state index contributed by atoms with van der Waals surface area (Å²) < 4.78 is 37.5. The van der Waals surface area contributed by atoms with Crippen LogP contribution in [0, 0.1) is 0 Å². The number of aromatic amines is 1. The van der Waals surface area contributed by atoms with E-state index in [0.717, 1.165) is 4.52 Å². The van der Waals surface area contributed by atoms with Crippen molar-refractivity contribution in [3.8, 4) is 10.4 Å². The zero-order valence-corrected chi connectivity index (χ0v) is 13.9. The zero-order chi connectivity index (χ0) is 17.0. The van der Waals surface area contributed by atoms with E-state index in [4.69, 9.17) is 34.8 Å². The SMILES string of the molecule is O=c1cc(C(F)(F)F)[nH]c2c(-c3cccs3)c(C(Cl)(Cl)Cl)nn12. The Morgan fingerprint density at radius 3 is 2.48 bits per heavy atom. The first-order chi connectivity index (χ1) is 10.6. The number of H-pyrrole nitrogens is 1. The van der Waals surface area contributed by atoms with Crippen molar-refractivity contribution in [2.75, 3.05) is 0 Å². The van der Waals surface area contributed by atoms with Crippen LogP contribution in [0.25, 0.3) is 16.1 Å². The van der Waals surface area contributed by atoms with Crippen LogP contribution in [0.5, 0.6) is 0 Å². The predicted octanol–water partition coefficient (Wildman–Crippen LogP) is 4.60. The van der Waals surface area contributed by atoms with Crippen molar-refractivity contribution in [3.63, 3.8) is 0 Å². The highest BCUT2D eigenvalue weighted by atomic mass is 35.6. The normalized spacial score (nSPS) is 13.0. The summed E-state index contributed by atoms with van der Waals surface area (Å²) in [5.41, 5.74) is -2.36. The van der Waals surface area contributed by atoms with E-state index < -0.39 is 21.2 Å². The molecule has 0 amide bonds. The molecule has 0 bridgehead atoms. The minimum atomic E-state index is -4.72. The van der Waals surface area contributed by atoms with Gasteiger partial charge in [-0.25, -0.2) is 0 Å². The Kier molecular flexibility index (Phi) is 3.91. The maximum absolute atomic E-state index is 12.9. The molecule has 3 heterocycles. The number of fused-ring (bicyclic) bond motifs is 1. The van der Waals surface area contributed by atoms with Crippen molar-refractivity contribution >= 4 is 51.8 Å². The van der Waals surface area contributed by atoms with Gasteiger partial charge in [-0.05, 0) is 11.4 Å². The van der Waals surface area contributed by atoms with Crippen molar-refractivity contribution < 1.29 is 13.2 Å². The van der Waals surface area contributed by atoms with Gasteiger partial charge in [-0.2, -0.15) is 22.8 Å². The number of thiophene rings is 1. The molecule has 0 atom stereocenters. The lowest BCUT2D eigenvalue weighted by Crippen LogP contribution is -2.20. The molecule has 0 spiro atoms. The summed E-state index contributed by atoms with van der Waals surface area (Å²) in [6.07, 6.45) is -4.72. The largest absolute Gasteiger partial charge is 0.431 e. The molecule has 3 aromatic rings. The van der Waals surface area contributed by atoms with Gasteiger partial charge in [-0.1, -0.05) is 40.9 Å². The van der Waals surface area contributed by atoms with E-state index in [1.165, 1.54) is 11.3 Å². The first kappa shape index (κ1) is 16.6. The van der Waals surface area contributed by atoms with Gasteiger partial charge >= 0.3 is 6.18 Å². The molecule has 1 N–H and O–H groups in total. The van der Waals surface area contributed by atoms with Crippen molar-refractivity contribution in [2.24, 2.45) is 0 Å². The lowest BCUT2D eigenvalue weighted by atomic mass is 10.2. The second-order valence-electron chi connectivity index (χ2n) is 4.48. The Hall–Kier alpha value is -1.22. The second-order valence-corrected chi connectivity index (χ2v) is 7.71. The molecule has 11 heteroatoms. The molecule has 3 aromatic heterocycles. The van der Waals surface area contributed by atoms with E-state index in [0.29, 0.717) is 10.9 Å². The molecule has 0 aliphatic carbocycles. The topological polar surface area (TPSA) is 50.2 Å². The maximum Gasteiger partial charge on any atom is 0.431 e. The highest BCUT2D eigenvalue weighted by molar-refractivity contribution is 7.13. The summed E-state index contributed by atoms with van der Waals surface area (Å²) in [5, 5.41) is 5.58. The van der Waals surface area contributed by atoms with Gasteiger partial charge < -0.3 is 4.98 Å². The van der Waals surface area contributed by atoms with Crippen molar-refractivity contribution in [1.82, 2.24) is 14.6 Å². The molecule has 0 saturated heterocycles. The number of alkyl halides is 6. The van der Waals surface area contributed by atoms with Gasteiger partial charge in [0.25, 0.3) is 5.56 Å². The van der Waals surface area contributed by atoms with Crippen LogP contribution in [0.2, 0.25) is 0 Å². The first-order valence-corrected chi connectivity index (χ1v) is 7.94. The third-order valence-electron chi connectivity index (χ3n) is 2.96. The van der Waals surface area contributed by atoms with Gasteiger partial charge in [0.2, 0.25) is 3.79 Å². The lowest BCUT2D eigenvalue weighted by molar-refractivity contribution is -0.141. The molecule has 0 aromatic carbocycles. The predicted molar refractivity (Wildman–Crippen MR) is 83.4 cm³/mol. The van der Waals surface area contributed by atoms with Crippen LogP contribution >= 0.6 is 46.1 Å². The summed E-state index contributed by atoms with van der Waals surface area (Å²) in [6, 6.07) is 3.71. The molecule has 3 rings (SSSR count). The summed E-state index contributed by atoms with van der Waals surface area (Å²) in [5.74, 6) is 0. The molecule has 0 saturated carbocycles. The molecule has 0 aliphatic rings. The van der Waals surface area contributed by atoms with Crippen molar-refractivity contribution in [2.45, 2.75) is 9.97 Å². The van der Waals surface area contributed by atoms with E-state index in [1.807, 2.05) is 0 Å². The molecular formula is C12H5Cl3F3N3OS. The molecular weight excluding hydrogens is 398 g/mol. The Labute approximate surface area is 145 Å². The summed E-state index contributed by atoms with van der Waals surface area (Å²) in [7, 11) is 0. The lowest BCUT2D eigenvalue weighted by Gasteiger charge is -2.09. The number of nitrogens with zero attached hydrogens (tertiary/aromatic N) is 2. The van der Waals surface area contributed by atoms with E-state index in [1.54, 1.807) is 17.5 Å². The molecule has 0 aliphatic heterocycles. The highest BCUT2D eigenvalue weighted by Gasteiger charge is 2.36. The first-order valence-electron chi connectivity index (χ1n) is 5.93. The van der Waals surface area contributed by atoms with Crippen LogP contribution in [-0.4, -0.2) is 14.6 Å². The Morgan fingerprint density at radius 2 is 1.96 bits per heavy atom. The average molecular weight is 403 g/mol. The monoisotopic (exact) mass is 401 g/mol. The van der Waals surface area contributed by atoms with Gasteiger partial charge in [-0.15, -0.1) is 11.3 Å². The van der Waals surface area contributed by atoms with E-state index in [2.05, 4.69) is 10.1 Å². The smallest absolute Gasteiger partial charge is 0.335 e. The standard InChI is InChI=1S/C12H5Cl3F3N3OS/c13-11(14,15)9-8(5-2-1-3-23-5)10-19-6(12(16,17)18)4-7(22)21(10)20-9/h1-4,19H. The van der Waals surface area contributed by atoms with Crippen LogP contribution in [0.4, 0.5) is 13.2 Å². The number of hydrogen-bond donors (Lipinski definition) is 1. The Balaban J connectivity index is 2.45. The highest BCUT2D eigenvalue weighted by Crippen LogP contribution is 2.44. The van der Waals surface area contributed by atoms with Crippen LogP contribution < -0.4 is 5.56 Å². The number of aromatic nitrogens is 3. The van der Waals surface area contributed by atoms with E-state index in [9.17, 15) is 18.0 Å². The summed E-state index contributed by atoms with van der Waals surface area (Å²) in [4.78, 5) is 14.6. The zero-order valence-electron chi connectivity index (χ0n) is 10.8. The number of nitrogens with one attached hydrogen (secondary N) is 1. The fraction of sp³-hybridized carbons (Fsp3) is 0.167. The fourth-order valence-corrected chi connectivity index (χ4v) is 3.22. The Morgan fingerprint density at radius 1 is 1.26 bits per heavy atom. The molecule has 0 radical (unpaired) electrons. The Bertz CT molecular complexity index is 925. The number of rotatable bonds is 1. The average Bonchev–Trinajstić information content (AvgIpc) is 3.02. The minimum Gasteiger partial charge on any atom is -0.335 e. The quantitative estimate of drug-likeness (QED) is 0.605. The van der Waals surface area contributed by atoms with Crippen LogP contribution in [-0.2, 0) is 9.97 Å². The van der Waals surface area contributed by atoms with E-state index >= 15 is 0 Å². The van der Waals surface area contributed by atoms with E-state index in [-0.39, 0.29) is 16.9 Å². The van der Waals surface area contributed by atoms with Crippen molar-refractivity contribution in [3.05, 3.63) is 45.3 Å².